The number of aryl methyl sites for hydroxylation is 2. The van der Waals surface area contributed by atoms with E-state index >= 15 is 4.39 Å². The summed E-state index contributed by atoms with van der Waals surface area (Å²) >= 11 is 0. The van der Waals surface area contributed by atoms with Gasteiger partial charge in [0.25, 0.3) is 0 Å². The largest absolute Gasteiger partial charge is 0.461 e. The van der Waals surface area contributed by atoms with Gasteiger partial charge in [0.1, 0.15) is 17.9 Å². The number of anilines is 3. The number of nitrogens with zero attached hydrogens (tertiary/aromatic N) is 6. The molecule has 5 aliphatic rings. The highest BCUT2D eigenvalue weighted by molar-refractivity contribution is 5.92. The third kappa shape index (κ3) is 4.26. The van der Waals surface area contributed by atoms with E-state index in [-0.39, 0.29) is 17.4 Å². The summed E-state index contributed by atoms with van der Waals surface area (Å²) in [5, 5.41) is 4.37. The molecule has 216 valence electrons. The summed E-state index contributed by atoms with van der Waals surface area (Å²) in [5.74, 6) is 0.725. The third-order valence-electron chi connectivity index (χ3n) is 10.4. The maximum Gasteiger partial charge on any atom is 0.319 e. The summed E-state index contributed by atoms with van der Waals surface area (Å²) in [6.45, 7) is 7.43. The Morgan fingerprint density at radius 1 is 1.02 bits per heavy atom. The van der Waals surface area contributed by atoms with Crippen LogP contribution in [-0.4, -0.2) is 76.8 Å². The number of hydrogen-bond donors (Lipinski definition) is 1. The van der Waals surface area contributed by atoms with Gasteiger partial charge in [-0.2, -0.15) is 9.97 Å². The SMILES string of the molecule is CCc1cccc2c1N(c1ncc3c(N4C[C@H]5CC[C@@H](C4)N5)nc(OCC45CCCN4CCC5)nc3c1F)CCC2. The van der Waals surface area contributed by atoms with Crippen LogP contribution in [0.1, 0.15) is 63.0 Å². The maximum absolute atomic E-state index is 16.7. The molecule has 9 heteroatoms. The number of fused-ring (bicyclic) bond motifs is 5. The molecule has 4 fully saturated rings. The molecule has 8 rings (SSSR count). The van der Waals surface area contributed by atoms with Crippen molar-refractivity contribution in [1.29, 1.82) is 0 Å². The van der Waals surface area contributed by atoms with Gasteiger partial charge in [-0.05, 0) is 82.0 Å². The third-order valence-corrected chi connectivity index (χ3v) is 10.4. The maximum atomic E-state index is 16.7. The Labute approximate surface area is 241 Å². The summed E-state index contributed by atoms with van der Waals surface area (Å²) in [6, 6.07) is 7.58. The van der Waals surface area contributed by atoms with E-state index in [1.165, 1.54) is 24.0 Å². The molecule has 0 aliphatic carbocycles. The molecule has 0 amide bonds. The number of ether oxygens (including phenoxy) is 1. The Hall–Kier alpha value is -3.04. The second kappa shape index (κ2) is 10.1. The van der Waals surface area contributed by atoms with Gasteiger partial charge in [-0.1, -0.05) is 25.1 Å². The Morgan fingerprint density at radius 3 is 2.61 bits per heavy atom. The highest BCUT2D eigenvalue weighted by Crippen LogP contribution is 2.41. The molecule has 41 heavy (non-hydrogen) atoms. The monoisotopic (exact) mass is 557 g/mol. The molecule has 0 radical (unpaired) electrons. The summed E-state index contributed by atoms with van der Waals surface area (Å²) in [7, 11) is 0. The number of para-hydroxylation sites is 1. The van der Waals surface area contributed by atoms with Gasteiger partial charge in [0.2, 0.25) is 0 Å². The first-order valence-corrected chi connectivity index (χ1v) is 15.8. The van der Waals surface area contributed by atoms with E-state index in [9.17, 15) is 0 Å². The minimum Gasteiger partial charge on any atom is -0.461 e. The average Bonchev–Trinajstić information content (AvgIpc) is 3.69. The minimum atomic E-state index is -0.380. The molecule has 0 saturated carbocycles. The molecule has 0 spiro atoms. The number of benzene rings is 1. The van der Waals surface area contributed by atoms with Crippen molar-refractivity contribution in [1.82, 2.24) is 25.2 Å². The van der Waals surface area contributed by atoms with Gasteiger partial charge in [-0.15, -0.1) is 0 Å². The van der Waals surface area contributed by atoms with Gasteiger partial charge in [0, 0.05) is 43.6 Å². The molecule has 2 atom stereocenters. The van der Waals surface area contributed by atoms with Crippen LogP contribution in [-0.2, 0) is 12.8 Å². The van der Waals surface area contributed by atoms with Crippen molar-refractivity contribution >= 4 is 28.2 Å². The lowest BCUT2D eigenvalue weighted by atomic mass is 9.95. The van der Waals surface area contributed by atoms with E-state index in [0.717, 1.165) is 89.2 Å². The van der Waals surface area contributed by atoms with Crippen LogP contribution < -0.4 is 19.9 Å². The second-order valence-corrected chi connectivity index (χ2v) is 12.8. The first-order valence-electron chi connectivity index (χ1n) is 15.8. The van der Waals surface area contributed by atoms with Crippen molar-refractivity contribution < 1.29 is 9.13 Å². The van der Waals surface area contributed by atoms with Crippen LogP contribution in [0, 0.1) is 5.82 Å². The van der Waals surface area contributed by atoms with Crippen molar-refractivity contribution in [2.75, 3.05) is 49.1 Å². The van der Waals surface area contributed by atoms with Crippen LogP contribution in [0.15, 0.2) is 24.4 Å². The van der Waals surface area contributed by atoms with Crippen LogP contribution in [0.2, 0.25) is 0 Å². The van der Waals surface area contributed by atoms with Gasteiger partial charge in [-0.25, -0.2) is 9.37 Å². The van der Waals surface area contributed by atoms with Crippen LogP contribution >= 0.6 is 0 Å². The minimum absolute atomic E-state index is 0.0721. The van der Waals surface area contributed by atoms with E-state index in [1.807, 2.05) is 0 Å². The average molecular weight is 558 g/mol. The summed E-state index contributed by atoms with van der Waals surface area (Å²) < 4.78 is 23.2. The molecule has 5 aliphatic heterocycles. The first-order chi connectivity index (χ1) is 20.1. The standard InChI is InChI=1S/C32H40FN7O/c1-2-21-7-3-8-22-9-4-16-40(28(21)22)30-26(33)27-25(17-34-30)29(38-18-23-10-11-24(19-38)35-23)37-31(36-27)41-20-32-12-5-14-39(32)15-6-13-32/h3,7-8,17,23-24,35H,2,4-6,9-16,18-20H2,1H3/t23-,24+. The Morgan fingerprint density at radius 2 is 1.83 bits per heavy atom. The fourth-order valence-electron chi connectivity index (χ4n) is 8.37. The number of hydrogen-bond acceptors (Lipinski definition) is 8. The predicted octanol–water partition coefficient (Wildman–Crippen LogP) is 4.76. The summed E-state index contributed by atoms with van der Waals surface area (Å²) in [4.78, 5) is 21.5. The molecule has 2 bridgehead atoms. The highest BCUT2D eigenvalue weighted by atomic mass is 19.1. The van der Waals surface area contributed by atoms with E-state index in [2.05, 4.69) is 45.1 Å². The summed E-state index contributed by atoms with van der Waals surface area (Å²) in [6.07, 6.45) is 11.7. The van der Waals surface area contributed by atoms with Crippen molar-refractivity contribution in [3.63, 3.8) is 0 Å². The zero-order chi connectivity index (χ0) is 27.6. The molecule has 2 aromatic heterocycles. The number of pyridine rings is 1. The van der Waals surface area contributed by atoms with E-state index in [0.29, 0.717) is 35.4 Å². The van der Waals surface area contributed by atoms with Gasteiger partial charge >= 0.3 is 6.01 Å². The van der Waals surface area contributed by atoms with Gasteiger partial charge in [0.05, 0.1) is 10.9 Å². The number of aromatic nitrogens is 3. The number of halogens is 1. The zero-order valence-electron chi connectivity index (χ0n) is 24.0. The smallest absolute Gasteiger partial charge is 0.319 e. The Kier molecular flexibility index (Phi) is 6.29. The quantitative estimate of drug-likeness (QED) is 0.466. The molecule has 0 unspecified atom stereocenters. The molecule has 4 saturated heterocycles. The molecule has 1 N–H and O–H groups in total. The lowest BCUT2D eigenvalue weighted by Crippen LogP contribution is -2.51. The molecular formula is C32H40FN7O. The van der Waals surface area contributed by atoms with Gasteiger partial charge < -0.3 is 19.9 Å². The van der Waals surface area contributed by atoms with Gasteiger partial charge in [0.15, 0.2) is 11.6 Å². The van der Waals surface area contributed by atoms with Crippen LogP contribution in [0.3, 0.4) is 0 Å². The highest BCUT2D eigenvalue weighted by Gasteiger charge is 2.45. The van der Waals surface area contributed by atoms with Crippen molar-refractivity contribution in [2.45, 2.75) is 82.3 Å². The first kappa shape index (κ1) is 25.7. The Balaban J connectivity index is 1.22. The topological polar surface area (TPSA) is 69.7 Å². The predicted molar refractivity (Wildman–Crippen MR) is 159 cm³/mol. The molecule has 8 nitrogen and oxygen atoms in total. The molecular weight excluding hydrogens is 517 g/mol. The van der Waals surface area contributed by atoms with Crippen LogP contribution in [0.25, 0.3) is 10.9 Å². The van der Waals surface area contributed by atoms with Crippen molar-refractivity contribution in [3.8, 4) is 6.01 Å². The summed E-state index contributed by atoms with van der Waals surface area (Å²) in [5.41, 5.74) is 3.98. The van der Waals surface area contributed by atoms with Crippen LogP contribution in [0.5, 0.6) is 6.01 Å². The van der Waals surface area contributed by atoms with E-state index in [4.69, 9.17) is 19.7 Å². The molecule has 1 aromatic carbocycles. The van der Waals surface area contributed by atoms with Crippen molar-refractivity contribution in [2.24, 2.45) is 0 Å². The van der Waals surface area contributed by atoms with Gasteiger partial charge in [-0.3, -0.25) is 4.90 Å². The number of nitrogens with one attached hydrogen (secondary N) is 1. The lowest BCUT2D eigenvalue weighted by Gasteiger charge is -2.35. The second-order valence-electron chi connectivity index (χ2n) is 12.8. The van der Waals surface area contributed by atoms with Crippen LogP contribution in [0.4, 0.5) is 21.7 Å². The number of piperazine rings is 1. The van der Waals surface area contributed by atoms with E-state index < -0.39 is 0 Å². The molecule has 3 aromatic rings. The molecule has 7 heterocycles. The fraction of sp³-hybridized carbons (Fsp3) is 0.594. The van der Waals surface area contributed by atoms with E-state index in [1.54, 1.807) is 6.20 Å². The number of rotatable bonds is 6. The Bertz CT molecular complexity index is 1440. The normalized spacial score (nSPS) is 25.1. The fourth-order valence-corrected chi connectivity index (χ4v) is 8.37. The zero-order valence-corrected chi connectivity index (χ0v) is 24.0. The van der Waals surface area contributed by atoms with Crippen molar-refractivity contribution in [3.05, 3.63) is 41.3 Å². The lowest BCUT2D eigenvalue weighted by molar-refractivity contribution is 0.108.